The largest absolute Gasteiger partial charge is 0.462 e. The van der Waals surface area contributed by atoms with Crippen molar-refractivity contribution >= 4 is 22.3 Å². The number of hydrogen-bond acceptors (Lipinski definition) is 3. The smallest absolute Gasteiger partial charge is 0.350 e. The first-order chi connectivity index (χ1) is 8.77. The Labute approximate surface area is 115 Å². The minimum atomic E-state index is -2.95. The van der Waals surface area contributed by atoms with Crippen molar-refractivity contribution in [3.8, 4) is 0 Å². The molecule has 4 nitrogen and oxygen atoms in total. The van der Waals surface area contributed by atoms with E-state index in [4.69, 9.17) is 4.74 Å². The molecule has 0 unspecified atom stereocenters. The van der Waals surface area contributed by atoms with Crippen LogP contribution in [0.2, 0.25) is 0 Å². The predicted molar refractivity (Wildman–Crippen MR) is 79.5 cm³/mol. The Hall–Kier alpha value is -1.49. The van der Waals surface area contributed by atoms with Crippen molar-refractivity contribution in [3.63, 3.8) is 0 Å². The maximum atomic E-state index is 12.7. The molecule has 0 N–H and O–H groups in total. The first kappa shape index (κ1) is 15.6. The van der Waals surface area contributed by atoms with Gasteiger partial charge in [0, 0.05) is 11.2 Å². The van der Waals surface area contributed by atoms with Gasteiger partial charge < -0.3 is 4.74 Å². The van der Waals surface area contributed by atoms with Crippen molar-refractivity contribution in [2.45, 2.75) is 32.6 Å². The molecule has 106 valence electrons. The van der Waals surface area contributed by atoms with Gasteiger partial charge in [0.15, 0.2) is 0 Å². The van der Waals surface area contributed by atoms with E-state index >= 15 is 0 Å². The molecule has 0 aliphatic rings. The van der Waals surface area contributed by atoms with E-state index in [9.17, 15) is 9.00 Å². The molecule has 0 aromatic heterocycles. The summed E-state index contributed by atoms with van der Waals surface area (Å²) in [4.78, 5) is 12.0. The predicted octanol–water partition coefficient (Wildman–Crippen LogP) is 2.17. The molecule has 0 saturated heterocycles. The van der Waals surface area contributed by atoms with Gasteiger partial charge in [-0.05, 0) is 48.9 Å². The minimum absolute atomic E-state index is 0.279. The highest BCUT2D eigenvalue weighted by Crippen LogP contribution is 2.26. The fraction of sp³-hybridized carbons (Fsp3) is 0.429. The molecule has 1 aromatic carbocycles. The van der Waals surface area contributed by atoms with Gasteiger partial charge in [0.25, 0.3) is 0 Å². The van der Waals surface area contributed by atoms with Gasteiger partial charge in [-0.3, -0.25) is 4.21 Å². The fourth-order valence-corrected chi connectivity index (χ4v) is 4.09. The van der Waals surface area contributed by atoms with Crippen LogP contribution in [-0.4, -0.2) is 29.3 Å². The van der Waals surface area contributed by atoms with Gasteiger partial charge in [0.1, 0.15) is 6.21 Å². The third-order valence-corrected chi connectivity index (χ3v) is 4.81. The van der Waals surface area contributed by atoms with Crippen LogP contribution in [0.15, 0.2) is 21.4 Å². The van der Waals surface area contributed by atoms with Crippen LogP contribution in [0.25, 0.3) is 0 Å². The molecule has 0 bridgehead atoms. The number of esters is 1. The molecular formula is C14H21NO3S. The molecule has 0 spiro atoms. The fourth-order valence-electron chi connectivity index (χ4n) is 2.22. The number of hydrogen-bond donors (Lipinski definition) is 1. The lowest BCUT2D eigenvalue weighted by atomic mass is 10.1. The zero-order valence-electron chi connectivity index (χ0n) is 12.1. The summed E-state index contributed by atoms with van der Waals surface area (Å²) >= 11 is 0. The first-order valence-corrected chi connectivity index (χ1v) is 8.27. The molecule has 1 rings (SSSR count). The van der Waals surface area contributed by atoms with Crippen molar-refractivity contribution in [2.75, 3.05) is 12.9 Å². The van der Waals surface area contributed by atoms with Crippen LogP contribution in [-0.2, 0) is 19.7 Å². The molecule has 0 heterocycles. The van der Waals surface area contributed by atoms with Crippen molar-refractivity contribution < 1.29 is 13.7 Å². The van der Waals surface area contributed by atoms with Crippen LogP contribution in [0.4, 0.5) is 0 Å². The SMILES string of the molecule is CCOC(=O)/C=N/[SH](C)(=O)c1c(C)cc(C)cc1C. The Morgan fingerprint density at radius 3 is 2.32 bits per heavy atom. The summed E-state index contributed by atoms with van der Waals surface area (Å²) in [6.45, 7) is 7.80. The van der Waals surface area contributed by atoms with E-state index in [-0.39, 0.29) is 6.61 Å². The Balaban J connectivity index is 3.14. The van der Waals surface area contributed by atoms with Gasteiger partial charge in [0.05, 0.1) is 6.61 Å². The van der Waals surface area contributed by atoms with Crippen molar-refractivity contribution in [1.29, 1.82) is 0 Å². The number of rotatable bonds is 4. The highest BCUT2D eigenvalue weighted by molar-refractivity contribution is 8.01. The lowest BCUT2D eigenvalue weighted by molar-refractivity contribution is -0.134. The van der Waals surface area contributed by atoms with Crippen molar-refractivity contribution in [2.24, 2.45) is 4.40 Å². The molecule has 0 radical (unpaired) electrons. The molecule has 5 heteroatoms. The first-order valence-electron chi connectivity index (χ1n) is 6.16. The van der Waals surface area contributed by atoms with Crippen molar-refractivity contribution in [3.05, 3.63) is 28.8 Å². The minimum Gasteiger partial charge on any atom is -0.462 e. The second-order valence-electron chi connectivity index (χ2n) is 4.62. The zero-order chi connectivity index (χ0) is 14.6. The highest BCUT2D eigenvalue weighted by atomic mass is 32.3. The van der Waals surface area contributed by atoms with Crippen LogP contribution in [0.3, 0.4) is 0 Å². The molecule has 0 amide bonds. The summed E-state index contributed by atoms with van der Waals surface area (Å²) in [5, 5.41) is 0. The topological polar surface area (TPSA) is 55.7 Å². The molecule has 1 aromatic rings. The highest BCUT2D eigenvalue weighted by Gasteiger charge is 2.16. The zero-order valence-corrected chi connectivity index (χ0v) is 13.0. The van der Waals surface area contributed by atoms with E-state index in [1.165, 1.54) is 0 Å². The quantitative estimate of drug-likeness (QED) is 0.523. The second-order valence-corrected chi connectivity index (χ2v) is 7.06. The summed E-state index contributed by atoms with van der Waals surface area (Å²) in [7, 11) is -2.95. The lowest BCUT2D eigenvalue weighted by Gasteiger charge is -2.19. The average Bonchev–Trinajstić information content (AvgIpc) is 2.25. The third-order valence-electron chi connectivity index (χ3n) is 2.72. The van der Waals surface area contributed by atoms with Gasteiger partial charge in [-0.15, -0.1) is 0 Å². The van der Waals surface area contributed by atoms with Gasteiger partial charge in [0.2, 0.25) is 0 Å². The van der Waals surface area contributed by atoms with E-state index in [0.717, 1.165) is 27.8 Å². The van der Waals surface area contributed by atoms with Gasteiger partial charge >= 0.3 is 5.97 Å². The molecule has 0 aliphatic carbocycles. The molecule has 0 saturated carbocycles. The number of aryl methyl sites for hydroxylation is 3. The maximum Gasteiger partial charge on any atom is 0.350 e. The summed E-state index contributed by atoms with van der Waals surface area (Å²) < 4.78 is 21.4. The Morgan fingerprint density at radius 1 is 1.32 bits per heavy atom. The summed E-state index contributed by atoms with van der Waals surface area (Å²) in [6, 6.07) is 3.94. The van der Waals surface area contributed by atoms with E-state index < -0.39 is 16.1 Å². The molecule has 0 fully saturated rings. The van der Waals surface area contributed by atoms with Crippen LogP contribution in [0.1, 0.15) is 23.6 Å². The van der Waals surface area contributed by atoms with E-state index in [0.29, 0.717) is 0 Å². The molecule has 19 heavy (non-hydrogen) atoms. The van der Waals surface area contributed by atoms with Gasteiger partial charge in [-0.25, -0.2) is 9.19 Å². The van der Waals surface area contributed by atoms with Crippen LogP contribution in [0, 0.1) is 20.8 Å². The maximum absolute atomic E-state index is 12.7. The Morgan fingerprint density at radius 2 is 1.84 bits per heavy atom. The van der Waals surface area contributed by atoms with Crippen LogP contribution < -0.4 is 0 Å². The lowest BCUT2D eigenvalue weighted by Crippen LogP contribution is -2.13. The number of carbonyl (C=O) groups excluding carboxylic acids is 1. The summed E-state index contributed by atoms with van der Waals surface area (Å²) in [5.41, 5.74) is 2.99. The molecule has 0 atom stereocenters. The number of thiol groups is 1. The molecule has 0 aliphatic heterocycles. The summed E-state index contributed by atoms with van der Waals surface area (Å²) in [6.07, 6.45) is 2.58. The average molecular weight is 283 g/mol. The van der Waals surface area contributed by atoms with Crippen LogP contribution >= 0.6 is 0 Å². The summed E-state index contributed by atoms with van der Waals surface area (Å²) in [5.74, 6) is -0.563. The van der Waals surface area contributed by atoms with Gasteiger partial charge in [-0.1, -0.05) is 17.7 Å². The van der Waals surface area contributed by atoms with Gasteiger partial charge in [-0.2, -0.15) is 0 Å². The Kier molecular flexibility index (Phi) is 5.00. The normalized spacial score (nSPS) is 12.7. The number of nitrogens with zero attached hydrogens (tertiary/aromatic N) is 1. The van der Waals surface area contributed by atoms with Crippen molar-refractivity contribution in [1.82, 2.24) is 0 Å². The van der Waals surface area contributed by atoms with E-state index in [1.807, 2.05) is 32.9 Å². The number of ether oxygens (including phenoxy) is 1. The monoisotopic (exact) mass is 283 g/mol. The number of carbonyl (C=O) groups is 1. The standard InChI is InChI=1S/C14H21NO3S/c1-6-18-13(16)9-15-19(5,17)14-11(3)7-10(2)8-12(14)4/h7-9,19H,6H2,1-5H3/b15-9+. The van der Waals surface area contributed by atoms with E-state index in [1.54, 1.807) is 13.2 Å². The second kappa shape index (κ2) is 6.10. The number of benzene rings is 1. The van der Waals surface area contributed by atoms with E-state index in [2.05, 4.69) is 4.40 Å². The molecular weight excluding hydrogens is 262 g/mol. The Bertz CT molecular complexity index is 541. The third kappa shape index (κ3) is 3.99. The van der Waals surface area contributed by atoms with Crippen LogP contribution in [0.5, 0.6) is 0 Å².